The second-order valence-corrected chi connectivity index (χ2v) is 10.0. The molecule has 0 aliphatic rings. The Morgan fingerprint density at radius 3 is 2.31 bits per heavy atom. The Morgan fingerprint density at radius 1 is 0.944 bits per heavy atom. The van der Waals surface area contributed by atoms with E-state index in [0.29, 0.717) is 11.1 Å². The van der Waals surface area contributed by atoms with Gasteiger partial charge in [0.15, 0.2) is 0 Å². The molecule has 2 N–H and O–H groups in total. The average Bonchev–Trinajstić information content (AvgIpc) is 2.87. The Kier molecular flexibility index (Phi) is 6.61. The summed E-state index contributed by atoms with van der Waals surface area (Å²) in [7, 11) is -1.55. The first-order valence-electron chi connectivity index (χ1n) is 10.8. The average molecular weight is 511 g/mol. The molecule has 36 heavy (non-hydrogen) atoms. The number of nitrogens with zero attached hydrogens (tertiary/aromatic N) is 2. The van der Waals surface area contributed by atoms with Crippen LogP contribution in [-0.2, 0) is 28.9 Å². The number of benzene rings is 3. The molecule has 0 bridgehead atoms. The van der Waals surface area contributed by atoms with Crippen molar-refractivity contribution in [3.63, 3.8) is 0 Å². The predicted octanol–water partition coefficient (Wildman–Crippen LogP) is 2.34. The molecule has 11 heteroatoms. The molecule has 0 unspecified atom stereocenters. The molecular formula is C25H23FN4O5S. The van der Waals surface area contributed by atoms with Crippen molar-refractivity contribution in [3.8, 4) is 0 Å². The fourth-order valence-corrected chi connectivity index (χ4v) is 4.98. The van der Waals surface area contributed by atoms with E-state index in [1.54, 1.807) is 37.3 Å². The first kappa shape index (κ1) is 25.0. The molecule has 0 fully saturated rings. The van der Waals surface area contributed by atoms with Crippen molar-refractivity contribution in [2.24, 2.45) is 14.1 Å². The van der Waals surface area contributed by atoms with Crippen molar-refractivity contribution < 1.29 is 17.6 Å². The summed E-state index contributed by atoms with van der Waals surface area (Å²) in [4.78, 5) is 37.7. The minimum atomic E-state index is -4.32. The summed E-state index contributed by atoms with van der Waals surface area (Å²) in [6, 6.07) is 14.7. The van der Waals surface area contributed by atoms with Gasteiger partial charge >= 0.3 is 5.69 Å². The summed E-state index contributed by atoms with van der Waals surface area (Å²) in [5.74, 6) is -1.25. The van der Waals surface area contributed by atoms with Crippen molar-refractivity contribution in [2.75, 3.05) is 5.32 Å². The summed E-state index contributed by atoms with van der Waals surface area (Å²) in [5, 5.41) is 2.57. The van der Waals surface area contributed by atoms with Gasteiger partial charge in [-0.15, -0.1) is 0 Å². The van der Waals surface area contributed by atoms with Crippen molar-refractivity contribution >= 4 is 32.5 Å². The normalized spacial score (nSPS) is 12.4. The number of hydrogen-bond acceptors (Lipinski definition) is 5. The molecule has 0 aliphatic heterocycles. The van der Waals surface area contributed by atoms with Crippen LogP contribution in [0, 0.1) is 12.7 Å². The Hall–Kier alpha value is -4.09. The van der Waals surface area contributed by atoms with Crippen molar-refractivity contribution in [1.29, 1.82) is 0 Å². The molecule has 4 rings (SSSR count). The summed E-state index contributed by atoms with van der Waals surface area (Å²) in [5.41, 5.74) is -0.0175. The van der Waals surface area contributed by atoms with Crippen LogP contribution in [0.3, 0.4) is 0 Å². The van der Waals surface area contributed by atoms with Gasteiger partial charge in [0, 0.05) is 19.8 Å². The largest absolute Gasteiger partial charge is 0.330 e. The Bertz CT molecular complexity index is 1710. The zero-order valence-electron chi connectivity index (χ0n) is 19.7. The van der Waals surface area contributed by atoms with E-state index in [4.69, 9.17) is 0 Å². The summed E-state index contributed by atoms with van der Waals surface area (Å²) < 4.78 is 45.2. The first-order chi connectivity index (χ1) is 17.0. The van der Waals surface area contributed by atoms with Gasteiger partial charge in [0.2, 0.25) is 15.9 Å². The molecule has 186 valence electrons. The third-order valence-electron chi connectivity index (χ3n) is 5.86. The Balaban J connectivity index is 1.74. The van der Waals surface area contributed by atoms with Crippen LogP contribution in [0.25, 0.3) is 10.9 Å². The van der Waals surface area contributed by atoms with Gasteiger partial charge in [-0.3, -0.25) is 18.7 Å². The molecule has 0 saturated heterocycles. The maximum atomic E-state index is 14.0. The fourth-order valence-electron chi connectivity index (χ4n) is 3.77. The number of aromatic nitrogens is 2. The lowest BCUT2D eigenvalue weighted by molar-refractivity contribution is -0.117. The van der Waals surface area contributed by atoms with Crippen LogP contribution in [0.2, 0.25) is 0 Å². The third kappa shape index (κ3) is 4.70. The molecule has 1 aromatic heterocycles. The van der Waals surface area contributed by atoms with Crippen LogP contribution < -0.4 is 21.3 Å². The molecular weight excluding hydrogens is 487 g/mol. The van der Waals surface area contributed by atoms with Gasteiger partial charge in [-0.2, -0.15) is 4.72 Å². The van der Waals surface area contributed by atoms with Crippen LogP contribution >= 0.6 is 0 Å². The highest BCUT2D eigenvalue weighted by atomic mass is 32.2. The molecule has 0 radical (unpaired) electrons. The number of rotatable bonds is 6. The van der Waals surface area contributed by atoms with Gasteiger partial charge in [0.1, 0.15) is 11.9 Å². The number of fused-ring (bicyclic) bond motifs is 1. The summed E-state index contributed by atoms with van der Waals surface area (Å²) in [6.45, 7) is 1.58. The van der Waals surface area contributed by atoms with Crippen LogP contribution in [0.5, 0.6) is 0 Å². The Morgan fingerprint density at radius 2 is 1.64 bits per heavy atom. The number of hydrogen-bond donors (Lipinski definition) is 2. The van der Waals surface area contributed by atoms with Crippen LogP contribution in [0.1, 0.15) is 17.2 Å². The standard InChI is InChI=1S/C25H23FN4O5S/c1-15-9-10-17(13-20(15)26)27-23(31)22(16-7-5-4-6-8-16)28-36(34,35)18-11-12-21-19(14-18)24(32)30(3)25(33)29(21)2/h4-14,22,28H,1-3H3,(H,27,31)/t22-/m0/s1. The zero-order valence-corrected chi connectivity index (χ0v) is 20.5. The molecule has 4 aromatic rings. The molecule has 0 aliphatic carbocycles. The Labute approximate surface area is 205 Å². The minimum Gasteiger partial charge on any atom is -0.324 e. The highest BCUT2D eigenvalue weighted by Gasteiger charge is 2.28. The topological polar surface area (TPSA) is 119 Å². The molecule has 1 heterocycles. The van der Waals surface area contributed by atoms with Gasteiger partial charge in [0.05, 0.1) is 15.8 Å². The monoisotopic (exact) mass is 510 g/mol. The number of amides is 1. The number of sulfonamides is 1. The lowest BCUT2D eigenvalue weighted by Crippen LogP contribution is -2.38. The van der Waals surface area contributed by atoms with Crippen LogP contribution in [0.4, 0.5) is 10.1 Å². The molecule has 3 aromatic carbocycles. The number of halogens is 1. The second-order valence-electron chi connectivity index (χ2n) is 8.30. The smallest absolute Gasteiger partial charge is 0.324 e. The molecule has 0 spiro atoms. The minimum absolute atomic E-state index is 0.0262. The number of carbonyl (C=O) groups is 1. The molecule has 9 nitrogen and oxygen atoms in total. The van der Waals surface area contributed by atoms with Gasteiger partial charge in [-0.05, 0) is 48.4 Å². The number of carbonyl (C=O) groups excluding carboxylic acids is 1. The quantitative estimate of drug-likeness (QED) is 0.413. The first-order valence-corrected chi connectivity index (χ1v) is 12.3. The van der Waals surface area contributed by atoms with E-state index in [1.165, 1.54) is 42.9 Å². The van der Waals surface area contributed by atoms with Crippen molar-refractivity contribution in [3.05, 3.63) is 105 Å². The van der Waals surface area contributed by atoms with E-state index < -0.39 is 39.0 Å². The van der Waals surface area contributed by atoms with E-state index in [2.05, 4.69) is 10.0 Å². The van der Waals surface area contributed by atoms with Crippen molar-refractivity contribution in [2.45, 2.75) is 17.9 Å². The van der Waals surface area contributed by atoms with E-state index in [-0.39, 0.29) is 21.5 Å². The van der Waals surface area contributed by atoms with Crippen LogP contribution in [0.15, 0.2) is 81.2 Å². The highest BCUT2D eigenvalue weighted by Crippen LogP contribution is 2.22. The third-order valence-corrected chi connectivity index (χ3v) is 7.28. The van der Waals surface area contributed by atoms with E-state index in [0.717, 1.165) is 16.7 Å². The van der Waals surface area contributed by atoms with E-state index >= 15 is 0 Å². The number of anilines is 1. The lowest BCUT2D eigenvalue weighted by Gasteiger charge is -2.19. The van der Waals surface area contributed by atoms with Crippen molar-refractivity contribution in [1.82, 2.24) is 13.9 Å². The highest BCUT2D eigenvalue weighted by molar-refractivity contribution is 7.89. The second kappa shape index (κ2) is 9.51. The molecule has 1 amide bonds. The van der Waals surface area contributed by atoms with Gasteiger partial charge in [-0.25, -0.2) is 17.6 Å². The fraction of sp³-hybridized carbons (Fsp3) is 0.160. The molecule has 1 atom stereocenters. The van der Waals surface area contributed by atoms with E-state index in [1.807, 2.05) is 0 Å². The SMILES string of the molecule is Cc1ccc(NC(=O)[C@@H](NS(=O)(=O)c2ccc3c(c2)c(=O)n(C)c(=O)n3C)c2ccccc2)cc1F. The summed E-state index contributed by atoms with van der Waals surface area (Å²) >= 11 is 0. The maximum absolute atomic E-state index is 14.0. The van der Waals surface area contributed by atoms with Gasteiger partial charge in [0.25, 0.3) is 5.56 Å². The maximum Gasteiger partial charge on any atom is 0.330 e. The van der Waals surface area contributed by atoms with E-state index in [9.17, 15) is 27.2 Å². The zero-order chi connectivity index (χ0) is 26.2. The van der Waals surface area contributed by atoms with Gasteiger partial charge < -0.3 is 5.32 Å². The lowest BCUT2D eigenvalue weighted by atomic mass is 10.1. The van der Waals surface area contributed by atoms with Gasteiger partial charge in [-0.1, -0.05) is 36.4 Å². The van der Waals surface area contributed by atoms with Crippen LogP contribution in [-0.4, -0.2) is 23.5 Å². The summed E-state index contributed by atoms with van der Waals surface area (Å²) in [6.07, 6.45) is 0. The number of aryl methyl sites for hydroxylation is 2. The predicted molar refractivity (Wildman–Crippen MR) is 134 cm³/mol. The number of nitrogens with one attached hydrogen (secondary N) is 2. The molecule has 0 saturated carbocycles.